The first-order valence-electron chi connectivity index (χ1n) is 6.22. The molecule has 1 rings (SSSR count). The molecule has 1 aliphatic rings. The molecule has 0 saturated carbocycles. The summed E-state index contributed by atoms with van der Waals surface area (Å²) >= 11 is 0. The molecule has 0 spiro atoms. The minimum Gasteiger partial charge on any atom is -0.660 e. The monoisotopic (exact) mass is 212 g/mol. The highest BCUT2D eigenvalue weighted by Gasteiger charge is 2.13. The van der Waals surface area contributed by atoms with Crippen LogP contribution >= 0.6 is 0 Å². The van der Waals surface area contributed by atoms with E-state index in [1.54, 1.807) is 0 Å². The van der Waals surface area contributed by atoms with Gasteiger partial charge in [-0.1, -0.05) is 0 Å². The third-order valence-corrected chi connectivity index (χ3v) is 3.23. The maximum absolute atomic E-state index is 4.57. The Labute approximate surface area is 94.8 Å². The molecular formula is C12H26N3-. The lowest BCUT2D eigenvalue weighted by molar-refractivity contribution is 0.169. The van der Waals surface area contributed by atoms with Crippen LogP contribution in [-0.4, -0.2) is 61.2 Å². The van der Waals surface area contributed by atoms with Crippen LogP contribution in [0.5, 0.6) is 0 Å². The fraction of sp³-hybridized carbons (Fsp3) is 1.00. The van der Waals surface area contributed by atoms with Crippen LogP contribution in [0.3, 0.4) is 0 Å². The maximum atomic E-state index is 4.57. The Kier molecular flexibility index (Phi) is 5.58. The molecule has 0 aliphatic carbocycles. The Morgan fingerprint density at radius 1 is 0.733 bits per heavy atom. The van der Waals surface area contributed by atoms with Crippen molar-refractivity contribution in [3.05, 3.63) is 5.32 Å². The number of hydrogen-bond acceptors (Lipinski definition) is 2. The Bertz CT molecular complexity index is 150. The summed E-state index contributed by atoms with van der Waals surface area (Å²) in [5, 5.41) is 4.57. The second-order valence-corrected chi connectivity index (χ2v) is 4.93. The molecule has 0 aromatic carbocycles. The van der Waals surface area contributed by atoms with Crippen LogP contribution in [0.25, 0.3) is 5.32 Å². The van der Waals surface area contributed by atoms with Crippen LogP contribution in [0, 0.1) is 0 Å². The van der Waals surface area contributed by atoms with Gasteiger partial charge >= 0.3 is 0 Å². The standard InChI is InChI=1S/C12H26N3/c1-11(2)14-7-5-13-6-8-15(10-9-14)12(3)4/h11-12H,5-10H2,1-4H3/q-1. The van der Waals surface area contributed by atoms with E-state index < -0.39 is 0 Å². The Hall–Kier alpha value is -0.120. The van der Waals surface area contributed by atoms with Crippen LogP contribution in [0.2, 0.25) is 0 Å². The summed E-state index contributed by atoms with van der Waals surface area (Å²) < 4.78 is 0. The predicted octanol–water partition coefficient (Wildman–Crippen LogP) is 1.79. The molecule has 0 amide bonds. The highest BCUT2D eigenvalue weighted by Crippen LogP contribution is 2.06. The Morgan fingerprint density at radius 2 is 1.13 bits per heavy atom. The molecule has 0 aromatic heterocycles. The number of hydrogen-bond donors (Lipinski definition) is 0. The summed E-state index contributed by atoms with van der Waals surface area (Å²) in [6.07, 6.45) is 0. The van der Waals surface area contributed by atoms with Gasteiger partial charge in [-0.05, 0) is 40.8 Å². The van der Waals surface area contributed by atoms with E-state index in [-0.39, 0.29) is 0 Å². The molecule has 90 valence electrons. The summed E-state index contributed by atoms with van der Waals surface area (Å²) in [7, 11) is 0. The van der Waals surface area contributed by atoms with E-state index in [1.807, 2.05) is 0 Å². The molecule has 3 nitrogen and oxygen atoms in total. The highest BCUT2D eigenvalue weighted by molar-refractivity contribution is 4.86. The molecule has 0 atom stereocenters. The van der Waals surface area contributed by atoms with Crippen molar-refractivity contribution in [2.24, 2.45) is 0 Å². The van der Waals surface area contributed by atoms with Crippen LogP contribution in [-0.2, 0) is 0 Å². The van der Waals surface area contributed by atoms with E-state index in [0.29, 0.717) is 12.1 Å². The fourth-order valence-corrected chi connectivity index (χ4v) is 2.02. The van der Waals surface area contributed by atoms with E-state index >= 15 is 0 Å². The van der Waals surface area contributed by atoms with E-state index in [9.17, 15) is 0 Å². The normalized spacial score (nSPS) is 22.8. The molecule has 0 radical (unpaired) electrons. The molecule has 15 heavy (non-hydrogen) atoms. The lowest BCUT2D eigenvalue weighted by Crippen LogP contribution is -2.41. The van der Waals surface area contributed by atoms with Gasteiger partial charge in [0.25, 0.3) is 0 Å². The molecular weight excluding hydrogens is 186 g/mol. The van der Waals surface area contributed by atoms with Crippen molar-refractivity contribution < 1.29 is 0 Å². The van der Waals surface area contributed by atoms with Crippen LogP contribution in [0.4, 0.5) is 0 Å². The molecule has 1 heterocycles. The van der Waals surface area contributed by atoms with Crippen molar-refractivity contribution in [3.8, 4) is 0 Å². The van der Waals surface area contributed by atoms with Gasteiger partial charge in [-0.15, -0.1) is 13.1 Å². The summed E-state index contributed by atoms with van der Waals surface area (Å²) in [5.41, 5.74) is 0. The molecule has 0 N–H and O–H groups in total. The quantitative estimate of drug-likeness (QED) is 0.696. The van der Waals surface area contributed by atoms with Gasteiger partial charge in [0.05, 0.1) is 0 Å². The zero-order valence-corrected chi connectivity index (χ0v) is 10.7. The lowest BCUT2D eigenvalue weighted by Gasteiger charge is -2.31. The van der Waals surface area contributed by atoms with Gasteiger partial charge in [0.15, 0.2) is 0 Å². The van der Waals surface area contributed by atoms with Crippen molar-refractivity contribution in [2.45, 2.75) is 39.8 Å². The van der Waals surface area contributed by atoms with Crippen molar-refractivity contribution >= 4 is 0 Å². The van der Waals surface area contributed by atoms with E-state index in [0.717, 1.165) is 26.2 Å². The zero-order chi connectivity index (χ0) is 11.3. The highest BCUT2D eigenvalue weighted by atomic mass is 15.2. The first kappa shape index (κ1) is 12.9. The van der Waals surface area contributed by atoms with E-state index in [1.165, 1.54) is 13.1 Å². The molecule has 1 saturated heterocycles. The first-order valence-corrected chi connectivity index (χ1v) is 6.22. The minimum absolute atomic E-state index is 0.646. The van der Waals surface area contributed by atoms with Crippen LogP contribution in [0.1, 0.15) is 27.7 Å². The lowest BCUT2D eigenvalue weighted by atomic mass is 10.3. The average molecular weight is 212 g/mol. The molecule has 0 bridgehead atoms. The van der Waals surface area contributed by atoms with Crippen LogP contribution in [0.15, 0.2) is 0 Å². The molecule has 0 aromatic rings. The smallest absolute Gasteiger partial charge is 0.0111 e. The molecule has 1 fully saturated rings. The Balaban J connectivity index is 2.47. The Morgan fingerprint density at radius 3 is 1.47 bits per heavy atom. The van der Waals surface area contributed by atoms with Crippen molar-refractivity contribution in [3.63, 3.8) is 0 Å². The molecule has 0 unspecified atom stereocenters. The van der Waals surface area contributed by atoms with E-state index in [4.69, 9.17) is 0 Å². The topological polar surface area (TPSA) is 20.6 Å². The summed E-state index contributed by atoms with van der Waals surface area (Å²) in [6, 6.07) is 1.29. The predicted molar refractivity (Wildman–Crippen MR) is 66.5 cm³/mol. The van der Waals surface area contributed by atoms with Crippen molar-refractivity contribution in [1.82, 2.24) is 9.80 Å². The van der Waals surface area contributed by atoms with Gasteiger partial charge in [-0.25, -0.2) is 0 Å². The van der Waals surface area contributed by atoms with Gasteiger partial charge in [0.1, 0.15) is 0 Å². The third kappa shape index (κ3) is 4.49. The molecule has 3 heteroatoms. The summed E-state index contributed by atoms with van der Waals surface area (Å²) in [6.45, 7) is 15.7. The SMILES string of the molecule is CC(C)N1CC[N-]CCN(C(C)C)CC1. The largest absolute Gasteiger partial charge is 0.660 e. The molecule has 1 aliphatic heterocycles. The average Bonchev–Trinajstić information content (AvgIpc) is 2.27. The van der Waals surface area contributed by atoms with Crippen LogP contribution < -0.4 is 0 Å². The second kappa shape index (κ2) is 6.46. The van der Waals surface area contributed by atoms with Gasteiger partial charge in [0.2, 0.25) is 0 Å². The maximum Gasteiger partial charge on any atom is 0.0111 e. The summed E-state index contributed by atoms with van der Waals surface area (Å²) in [4.78, 5) is 5.06. The van der Waals surface area contributed by atoms with Crippen molar-refractivity contribution in [2.75, 3.05) is 39.3 Å². The summed E-state index contributed by atoms with van der Waals surface area (Å²) in [5.74, 6) is 0. The minimum atomic E-state index is 0.646. The van der Waals surface area contributed by atoms with Crippen molar-refractivity contribution in [1.29, 1.82) is 0 Å². The van der Waals surface area contributed by atoms with Gasteiger partial charge < -0.3 is 15.1 Å². The number of rotatable bonds is 2. The van der Waals surface area contributed by atoms with Gasteiger partial charge in [-0.3, -0.25) is 0 Å². The van der Waals surface area contributed by atoms with Gasteiger partial charge in [0, 0.05) is 25.2 Å². The van der Waals surface area contributed by atoms with E-state index in [2.05, 4.69) is 42.8 Å². The first-order chi connectivity index (χ1) is 7.11. The number of nitrogens with zero attached hydrogens (tertiary/aromatic N) is 3. The second-order valence-electron chi connectivity index (χ2n) is 4.93. The third-order valence-electron chi connectivity index (χ3n) is 3.23. The zero-order valence-electron chi connectivity index (χ0n) is 10.7. The fourth-order valence-electron chi connectivity index (χ4n) is 2.02. The van der Waals surface area contributed by atoms with Gasteiger partial charge in [-0.2, -0.15) is 0 Å².